The number of nitrogens with zero attached hydrogens (tertiary/aromatic N) is 2. The lowest BCUT2D eigenvalue weighted by atomic mass is 9.79. The Kier molecular flexibility index (Phi) is 5.70. The van der Waals surface area contributed by atoms with E-state index >= 15 is 0 Å². The van der Waals surface area contributed by atoms with Crippen molar-refractivity contribution in [2.24, 2.45) is 0 Å². The lowest BCUT2D eigenvalue weighted by Gasteiger charge is -2.48. The molecule has 2 fully saturated rings. The minimum Gasteiger partial charge on any atom is -0.379 e. The maximum atomic E-state index is 12.3. The van der Waals surface area contributed by atoms with Crippen LogP contribution in [0.5, 0.6) is 0 Å². The van der Waals surface area contributed by atoms with Crippen LogP contribution in [-0.2, 0) is 16.1 Å². The van der Waals surface area contributed by atoms with Crippen molar-refractivity contribution in [3.8, 4) is 0 Å². The molecule has 1 amide bonds. The standard InChI is InChI=1S/C17H26N4O4/c22-14-4-7-20(16(24)19-14)12-15(23)18-13-17(5-2-1-3-6-17)21-8-10-25-11-9-21/h4,7H,1-3,5-6,8-13H2,(H,18,23)(H,19,22,24). The molecule has 0 unspecified atom stereocenters. The quantitative estimate of drug-likeness (QED) is 0.759. The van der Waals surface area contributed by atoms with Gasteiger partial charge in [-0.25, -0.2) is 4.79 Å². The van der Waals surface area contributed by atoms with E-state index in [9.17, 15) is 14.4 Å². The molecule has 0 aromatic carbocycles. The highest BCUT2D eigenvalue weighted by atomic mass is 16.5. The number of rotatable bonds is 5. The summed E-state index contributed by atoms with van der Waals surface area (Å²) in [6.07, 6.45) is 7.09. The summed E-state index contributed by atoms with van der Waals surface area (Å²) >= 11 is 0. The van der Waals surface area contributed by atoms with E-state index < -0.39 is 11.2 Å². The third kappa shape index (κ3) is 4.38. The first-order valence-electron chi connectivity index (χ1n) is 8.98. The molecule has 1 saturated carbocycles. The largest absolute Gasteiger partial charge is 0.379 e. The summed E-state index contributed by atoms with van der Waals surface area (Å²) in [5, 5.41) is 3.01. The van der Waals surface area contributed by atoms with Gasteiger partial charge < -0.3 is 10.1 Å². The molecule has 2 heterocycles. The molecule has 25 heavy (non-hydrogen) atoms. The highest BCUT2D eigenvalue weighted by Crippen LogP contribution is 2.33. The Morgan fingerprint density at radius 3 is 2.60 bits per heavy atom. The normalized spacial score (nSPS) is 21.0. The van der Waals surface area contributed by atoms with Gasteiger partial charge in [0.1, 0.15) is 6.54 Å². The van der Waals surface area contributed by atoms with Crippen LogP contribution in [-0.4, -0.2) is 58.7 Å². The number of aromatic nitrogens is 2. The topological polar surface area (TPSA) is 96.4 Å². The average molecular weight is 350 g/mol. The highest BCUT2D eigenvalue weighted by molar-refractivity contribution is 5.75. The van der Waals surface area contributed by atoms with Gasteiger partial charge in [0, 0.05) is 37.4 Å². The Balaban J connectivity index is 1.63. The van der Waals surface area contributed by atoms with Crippen LogP contribution in [0.3, 0.4) is 0 Å². The molecule has 1 aromatic heterocycles. The van der Waals surface area contributed by atoms with E-state index in [2.05, 4.69) is 15.2 Å². The summed E-state index contributed by atoms with van der Waals surface area (Å²) in [6.45, 7) is 3.77. The molecule has 0 atom stereocenters. The van der Waals surface area contributed by atoms with Gasteiger partial charge in [0.15, 0.2) is 0 Å². The van der Waals surface area contributed by atoms with Crippen LogP contribution in [0.15, 0.2) is 21.9 Å². The zero-order chi connectivity index (χ0) is 17.7. The Bertz CT molecular complexity index is 699. The van der Waals surface area contributed by atoms with Gasteiger partial charge in [0.05, 0.1) is 13.2 Å². The monoisotopic (exact) mass is 350 g/mol. The molecule has 138 valence electrons. The Hall–Kier alpha value is -1.93. The van der Waals surface area contributed by atoms with Crippen LogP contribution in [0, 0.1) is 0 Å². The van der Waals surface area contributed by atoms with Crippen molar-refractivity contribution in [3.63, 3.8) is 0 Å². The fourth-order valence-corrected chi connectivity index (χ4v) is 3.89. The summed E-state index contributed by atoms with van der Waals surface area (Å²) < 4.78 is 6.67. The molecular formula is C17H26N4O4. The molecule has 0 spiro atoms. The van der Waals surface area contributed by atoms with Gasteiger partial charge in [0.25, 0.3) is 5.56 Å². The SMILES string of the molecule is O=C(Cn1ccc(=O)[nH]c1=O)NCC1(N2CCOCC2)CCCCC1. The molecule has 1 aromatic rings. The number of nitrogens with one attached hydrogen (secondary N) is 2. The van der Waals surface area contributed by atoms with E-state index in [0.29, 0.717) is 6.54 Å². The molecule has 1 saturated heterocycles. The lowest BCUT2D eigenvalue weighted by Crippen LogP contribution is -2.59. The Morgan fingerprint density at radius 1 is 1.20 bits per heavy atom. The van der Waals surface area contributed by atoms with Crippen LogP contribution in [0.4, 0.5) is 0 Å². The second-order valence-corrected chi connectivity index (χ2v) is 6.90. The van der Waals surface area contributed by atoms with Crippen molar-refractivity contribution in [2.45, 2.75) is 44.2 Å². The average Bonchev–Trinajstić information content (AvgIpc) is 2.64. The zero-order valence-electron chi connectivity index (χ0n) is 14.5. The first-order chi connectivity index (χ1) is 12.1. The maximum absolute atomic E-state index is 12.3. The van der Waals surface area contributed by atoms with Crippen molar-refractivity contribution < 1.29 is 9.53 Å². The third-order valence-electron chi connectivity index (χ3n) is 5.29. The van der Waals surface area contributed by atoms with Crippen LogP contribution in [0.25, 0.3) is 0 Å². The van der Waals surface area contributed by atoms with Gasteiger partial charge in [-0.2, -0.15) is 0 Å². The lowest BCUT2D eigenvalue weighted by molar-refractivity contribution is -0.123. The van der Waals surface area contributed by atoms with E-state index in [4.69, 9.17) is 4.74 Å². The second kappa shape index (κ2) is 7.97. The second-order valence-electron chi connectivity index (χ2n) is 6.90. The van der Waals surface area contributed by atoms with Crippen molar-refractivity contribution in [2.75, 3.05) is 32.8 Å². The molecular weight excluding hydrogens is 324 g/mol. The number of H-pyrrole nitrogens is 1. The van der Waals surface area contributed by atoms with Crippen LogP contribution in [0.2, 0.25) is 0 Å². The molecule has 2 N–H and O–H groups in total. The maximum Gasteiger partial charge on any atom is 0.328 e. The van der Waals surface area contributed by atoms with E-state index in [-0.39, 0.29) is 18.0 Å². The van der Waals surface area contributed by atoms with Gasteiger partial charge in [-0.3, -0.25) is 24.0 Å². The van der Waals surface area contributed by atoms with Crippen LogP contribution >= 0.6 is 0 Å². The number of hydrogen-bond acceptors (Lipinski definition) is 5. The number of morpholine rings is 1. The van der Waals surface area contributed by atoms with Crippen molar-refractivity contribution in [1.29, 1.82) is 0 Å². The number of hydrogen-bond donors (Lipinski definition) is 2. The van der Waals surface area contributed by atoms with Crippen molar-refractivity contribution in [3.05, 3.63) is 33.1 Å². The van der Waals surface area contributed by atoms with E-state index in [1.54, 1.807) is 0 Å². The molecule has 0 radical (unpaired) electrons. The smallest absolute Gasteiger partial charge is 0.328 e. The fraction of sp³-hybridized carbons (Fsp3) is 0.706. The van der Waals surface area contributed by atoms with Crippen molar-refractivity contribution in [1.82, 2.24) is 19.8 Å². The number of ether oxygens (including phenoxy) is 1. The molecule has 2 aliphatic rings. The summed E-state index contributed by atoms with van der Waals surface area (Å²) in [7, 11) is 0. The predicted molar refractivity (Wildman–Crippen MR) is 92.5 cm³/mol. The number of aromatic amines is 1. The summed E-state index contributed by atoms with van der Waals surface area (Å²) in [5.74, 6) is -0.215. The minimum absolute atomic E-state index is 0.00630. The van der Waals surface area contributed by atoms with Crippen LogP contribution < -0.4 is 16.6 Å². The first kappa shape index (κ1) is 17.9. The molecule has 0 bridgehead atoms. The molecule has 3 rings (SSSR count). The number of carbonyl (C=O) groups excluding carboxylic acids is 1. The molecule has 8 nitrogen and oxygen atoms in total. The van der Waals surface area contributed by atoms with Gasteiger partial charge in [-0.05, 0) is 12.8 Å². The molecule has 1 aliphatic heterocycles. The van der Waals surface area contributed by atoms with Gasteiger partial charge in [-0.1, -0.05) is 19.3 Å². The predicted octanol–water partition coefficient (Wildman–Crippen LogP) is -0.312. The van der Waals surface area contributed by atoms with E-state index in [1.807, 2.05) is 0 Å². The van der Waals surface area contributed by atoms with Crippen LogP contribution in [0.1, 0.15) is 32.1 Å². The third-order valence-corrected chi connectivity index (χ3v) is 5.29. The number of carbonyl (C=O) groups is 1. The summed E-state index contributed by atoms with van der Waals surface area (Å²) in [5.41, 5.74) is -1.04. The first-order valence-corrected chi connectivity index (χ1v) is 8.98. The van der Waals surface area contributed by atoms with E-state index in [0.717, 1.165) is 39.1 Å². The minimum atomic E-state index is -0.566. The number of amides is 1. The Labute approximate surface area is 146 Å². The summed E-state index contributed by atoms with van der Waals surface area (Å²) in [6, 6.07) is 1.24. The molecule has 8 heteroatoms. The Morgan fingerprint density at radius 2 is 1.92 bits per heavy atom. The highest BCUT2D eigenvalue weighted by Gasteiger charge is 2.38. The van der Waals surface area contributed by atoms with Crippen molar-refractivity contribution >= 4 is 5.91 Å². The van der Waals surface area contributed by atoms with Gasteiger partial charge >= 0.3 is 5.69 Å². The zero-order valence-corrected chi connectivity index (χ0v) is 14.5. The summed E-state index contributed by atoms with van der Waals surface area (Å²) in [4.78, 5) is 39.7. The van der Waals surface area contributed by atoms with Gasteiger partial charge in [0.2, 0.25) is 5.91 Å². The van der Waals surface area contributed by atoms with E-state index in [1.165, 1.54) is 36.1 Å². The fourth-order valence-electron chi connectivity index (χ4n) is 3.89. The molecule has 1 aliphatic carbocycles. The van der Waals surface area contributed by atoms with Gasteiger partial charge in [-0.15, -0.1) is 0 Å².